The van der Waals surface area contributed by atoms with Gasteiger partial charge >= 0.3 is 12.1 Å². The van der Waals surface area contributed by atoms with Gasteiger partial charge in [0.1, 0.15) is 11.2 Å². The highest BCUT2D eigenvalue weighted by Gasteiger charge is 2.42. The van der Waals surface area contributed by atoms with Crippen molar-refractivity contribution in [1.82, 2.24) is 0 Å². The maximum absolute atomic E-state index is 13.9. The van der Waals surface area contributed by atoms with E-state index in [1.54, 1.807) is 0 Å². The van der Waals surface area contributed by atoms with Gasteiger partial charge in [-0.05, 0) is 32.9 Å². The van der Waals surface area contributed by atoms with Crippen molar-refractivity contribution in [2.75, 3.05) is 6.61 Å². The summed E-state index contributed by atoms with van der Waals surface area (Å²) in [5, 5.41) is 0. The molecule has 0 atom stereocenters. The Bertz CT molecular complexity index is 562. The molecule has 3 nitrogen and oxygen atoms in total. The summed E-state index contributed by atoms with van der Waals surface area (Å²) in [6.07, 6.45) is -4.92. The third-order valence-electron chi connectivity index (χ3n) is 2.90. The molecular formula is C14H14F4O3. The molecular weight excluding hydrogens is 292 g/mol. The van der Waals surface area contributed by atoms with Gasteiger partial charge in [-0.3, -0.25) is 9.59 Å². The largest absolute Gasteiger partial charge is 0.465 e. The fraction of sp³-hybridized carbons (Fsp3) is 0.429. The van der Waals surface area contributed by atoms with Crippen LogP contribution in [0.25, 0.3) is 0 Å². The molecule has 0 spiro atoms. The summed E-state index contributed by atoms with van der Waals surface area (Å²) in [6, 6.07) is 2.36. The predicted molar refractivity (Wildman–Crippen MR) is 66.1 cm³/mol. The van der Waals surface area contributed by atoms with E-state index in [-0.39, 0.29) is 6.61 Å². The van der Waals surface area contributed by atoms with Crippen molar-refractivity contribution in [2.45, 2.75) is 26.9 Å². The summed E-state index contributed by atoms with van der Waals surface area (Å²) in [5.74, 6) is -3.68. The number of alkyl halides is 3. The Kier molecular flexibility index (Phi) is 4.76. The maximum atomic E-state index is 13.9. The van der Waals surface area contributed by atoms with Gasteiger partial charge in [0.25, 0.3) is 0 Å². The van der Waals surface area contributed by atoms with Crippen LogP contribution in [0, 0.1) is 11.2 Å². The molecule has 0 fully saturated rings. The third-order valence-corrected chi connectivity index (χ3v) is 2.90. The van der Waals surface area contributed by atoms with Gasteiger partial charge in [-0.1, -0.05) is 6.07 Å². The van der Waals surface area contributed by atoms with Crippen LogP contribution < -0.4 is 0 Å². The number of carbonyl (C=O) groups is 2. The van der Waals surface area contributed by atoms with Gasteiger partial charge in [0, 0.05) is 0 Å². The van der Waals surface area contributed by atoms with Crippen molar-refractivity contribution in [1.29, 1.82) is 0 Å². The zero-order chi connectivity index (χ0) is 16.4. The normalized spacial score (nSPS) is 12.1. The molecule has 0 heterocycles. The number of ether oxygens (including phenoxy) is 1. The van der Waals surface area contributed by atoms with Crippen LogP contribution in [0.15, 0.2) is 18.2 Å². The fourth-order valence-electron chi connectivity index (χ4n) is 1.67. The molecule has 0 aromatic heterocycles. The third kappa shape index (κ3) is 3.40. The van der Waals surface area contributed by atoms with Crippen LogP contribution >= 0.6 is 0 Å². The molecule has 0 radical (unpaired) electrons. The molecule has 116 valence electrons. The number of ketones is 1. The summed E-state index contributed by atoms with van der Waals surface area (Å²) in [6.45, 7) is 3.87. The van der Waals surface area contributed by atoms with Crippen molar-refractivity contribution in [3.8, 4) is 0 Å². The summed E-state index contributed by atoms with van der Waals surface area (Å²) < 4.78 is 56.5. The molecule has 0 saturated heterocycles. The first-order chi connectivity index (χ1) is 9.53. The van der Waals surface area contributed by atoms with Gasteiger partial charge in [-0.15, -0.1) is 0 Å². The first kappa shape index (κ1) is 17.1. The van der Waals surface area contributed by atoms with Crippen molar-refractivity contribution in [2.24, 2.45) is 5.41 Å². The van der Waals surface area contributed by atoms with E-state index in [9.17, 15) is 27.2 Å². The number of carbonyl (C=O) groups excluding carboxylic acids is 2. The molecule has 0 unspecified atom stereocenters. The molecule has 0 amide bonds. The van der Waals surface area contributed by atoms with E-state index in [0.29, 0.717) is 6.07 Å². The SMILES string of the molecule is CCOC(=O)C(C)(C)C(=O)c1cccc(C(F)(F)F)c1F. The van der Waals surface area contributed by atoms with Crippen molar-refractivity contribution >= 4 is 11.8 Å². The van der Waals surface area contributed by atoms with E-state index < -0.39 is 40.3 Å². The highest BCUT2D eigenvalue weighted by molar-refractivity contribution is 6.12. The summed E-state index contributed by atoms with van der Waals surface area (Å²) >= 11 is 0. The number of esters is 1. The van der Waals surface area contributed by atoms with Crippen molar-refractivity contribution in [3.63, 3.8) is 0 Å². The number of rotatable bonds is 4. The van der Waals surface area contributed by atoms with Crippen molar-refractivity contribution in [3.05, 3.63) is 35.1 Å². The lowest BCUT2D eigenvalue weighted by Crippen LogP contribution is -2.36. The van der Waals surface area contributed by atoms with Gasteiger partial charge in [-0.2, -0.15) is 13.2 Å². The predicted octanol–water partition coefficient (Wildman–Crippen LogP) is 3.62. The van der Waals surface area contributed by atoms with Crippen LogP contribution in [-0.4, -0.2) is 18.4 Å². The Labute approximate surface area is 118 Å². The van der Waals surface area contributed by atoms with Crippen LogP contribution in [0.1, 0.15) is 36.7 Å². The lowest BCUT2D eigenvalue weighted by atomic mass is 9.83. The van der Waals surface area contributed by atoms with E-state index in [0.717, 1.165) is 12.1 Å². The van der Waals surface area contributed by atoms with Crippen LogP contribution in [0.2, 0.25) is 0 Å². The molecule has 0 bridgehead atoms. The van der Waals surface area contributed by atoms with Gasteiger partial charge in [0.05, 0.1) is 17.7 Å². The topological polar surface area (TPSA) is 43.4 Å². The standard InChI is InChI=1S/C14H14F4O3/c1-4-21-12(20)13(2,3)11(19)8-6-5-7-9(10(8)15)14(16,17)18/h5-7H,4H2,1-3H3. The summed E-state index contributed by atoms with van der Waals surface area (Å²) in [5.41, 5.74) is -4.11. The minimum absolute atomic E-state index is 0.000611. The van der Waals surface area contributed by atoms with Crippen LogP contribution in [-0.2, 0) is 15.7 Å². The maximum Gasteiger partial charge on any atom is 0.419 e. The zero-order valence-corrected chi connectivity index (χ0v) is 11.7. The Hall–Kier alpha value is -1.92. The molecule has 0 N–H and O–H groups in total. The highest BCUT2D eigenvalue weighted by atomic mass is 19.4. The number of hydrogen-bond acceptors (Lipinski definition) is 3. The Morgan fingerprint density at radius 2 is 1.76 bits per heavy atom. The quantitative estimate of drug-likeness (QED) is 0.369. The van der Waals surface area contributed by atoms with Crippen LogP contribution in [0.4, 0.5) is 17.6 Å². The van der Waals surface area contributed by atoms with Crippen LogP contribution in [0.5, 0.6) is 0 Å². The molecule has 1 rings (SSSR count). The second kappa shape index (κ2) is 5.83. The Morgan fingerprint density at radius 3 is 2.24 bits per heavy atom. The first-order valence-corrected chi connectivity index (χ1v) is 6.11. The van der Waals surface area contributed by atoms with Gasteiger partial charge in [0.2, 0.25) is 0 Å². The highest BCUT2D eigenvalue weighted by Crippen LogP contribution is 2.34. The molecule has 21 heavy (non-hydrogen) atoms. The molecule has 0 saturated carbocycles. The zero-order valence-electron chi connectivity index (χ0n) is 11.7. The smallest absolute Gasteiger partial charge is 0.419 e. The fourth-order valence-corrected chi connectivity index (χ4v) is 1.67. The second-order valence-corrected chi connectivity index (χ2v) is 4.84. The van der Waals surface area contributed by atoms with Crippen LogP contribution in [0.3, 0.4) is 0 Å². The van der Waals surface area contributed by atoms with E-state index >= 15 is 0 Å². The number of halogens is 4. The lowest BCUT2D eigenvalue weighted by Gasteiger charge is -2.21. The number of hydrogen-bond donors (Lipinski definition) is 0. The Balaban J connectivity index is 3.29. The molecule has 0 aliphatic rings. The summed E-state index contributed by atoms with van der Waals surface area (Å²) in [4.78, 5) is 23.9. The molecule has 0 aliphatic carbocycles. The first-order valence-electron chi connectivity index (χ1n) is 6.11. The molecule has 7 heteroatoms. The average Bonchev–Trinajstić information content (AvgIpc) is 2.37. The number of benzene rings is 1. The van der Waals surface area contributed by atoms with Gasteiger partial charge in [-0.25, -0.2) is 4.39 Å². The average molecular weight is 306 g/mol. The lowest BCUT2D eigenvalue weighted by molar-refractivity contribution is -0.150. The minimum atomic E-state index is -4.92. The van der Waals surface area contributed by atoms with E-state index in [1.807, 2.05) is 0 Å². The van der Waals surface area contributed by atoms with E-state index in [1.165, 1.54) is 20.8 Å². The monoisotopic (exact) mass is 306 g/mol. The van der Waals surface area contributed by atoms with E-state index in [2.05, 4.69) is 4.74 Å². The number of Topliss-reactive ketones (excluding diaryl/α,β-unsaturated/α-hetero) is 1. The molecule has 0 aliphatic heterocycles. The Morgan fingerprint density at radius 1 is 1.19 bits per heavy atom. The van der Waals surface area contributed by atoms with Gasteiger partial charge < -0.3 is 4.74 Å². The second-order valence-electron chi connectivity index (χ2n) is 4.84. The minimum Gasteiger partial charge on any atom is -0.465 e. The van der Waals surface area contributed by atoms with E-state index in [4.69, 9.17) is 0 Å². The molecule has 1 aromatic rings. The van der Waals surface area contributed by atoms with Crippen molar-refractivity contribution < 1.29 is 31.9 Å². The summed E-state index contributed by atoms with van der Waals surface area (Å²) in [7, 11) is 0. The molecule has 1 aromatic carbocycles. The van der Waals surface area contributed by atoms with Gasteiger partial charge in [0.15, 0.2) is 5.78 Å².